The van der Waals surface area contributed by atoms with Gasteiger partial charge >= 0.3 is 6.03 Å². The monoisotopic (exact) mass is 256 g/mol. The molecule has 3 rings (SSSR count). The summed E-state index contributed by atoms with van der Waals surface area (Å²) in [6.45, 7) is 6.45. The summed E-state index contributed by atoms with van der Waals surface area (Å²) >= 11 is 0. The smallest absolute Gasteiger partial charge is 0.312 e. The fourth-order valence-electron chi connectivity index (χ4n) is 2.38. The van der Waals surface area contributed by atoms with Gasteiger partial charge in [-0.25, -0.2) is 4.79 Å². The van der Waals surface area contributed by atoms with Gasteiger partial charge in [0.05, 0.1) is 5.52 Å². The molecular weight excluding hydrogens is 240 g/mol. The van der Waals surface area contributed by atoms with E-state index in [2.05, 4.69) is 23.1 Å². The summed E-state index contributed by atoms with van der Waals surface area (Å²) in [5.41, 5.74) is 2.98. The van der Waals surface area contributed by atoms with Gasteiger partial charge in [0.2, 0.25) is 0 Å². The molecular formula is C14H16N4O. The third-order valence-corrected chi connectivity index (χ3v) is 3.41. The number of anilines is 1. The molecule has 2 aromatic rings. The van der Waals surface area contributed by atoms with Crippen molar-refractivity contribution >= 4 is 22.8 Å². The minimum Gasteiger partial charge on any atom is -0.312 e. The first-order chi connectivity index (χ1) is 9.06. The van der Waals surface area contributed by atoms with Gasteiger partial charge < -0.3 is 5.32 Å². The number of amides is 2. The van der Waals surface area contributed by atoms with Crippen molar-refractivity contribution in [3.8, 4) is 0 Å². The molecule has 2 heterocycles. The van der Waals surface area contributed by atoms with Crippen LogP contribution in [0.25, 0.3) is 10.9 Å². The number of hydrogen-bond donors (Lipinski definition) is 1. The fraction of sp³-hybridized carbons (Fsp3) is 0.286. The van der Waals surface area contributed by atoms with E-state index in [1.165, 1.54) is 5.56 Å². The maximum atomic E-state index is 12.0. The first kappa shape index (κ1) is 11.8. The number of benzene rings is 1. The zero-order valence-corrected chi connectivity index (χ0v) is 11.1. The summed E-state index contributed by atoms with van der Waals surface area (Å²) in [6, 6.07) is 5.97. The molecule has 5 heteroatoms. The van der Waals surface area contributed by atoms with Crippen molar-refractivity contribution in [3.05, 3.63) is 36.0 Å². The third-order valence-electron chi connectivity index (χ3n) is 3.41. The standard InChI is InChI=1S/C14H16N4O/c1-9-4-5-11-12(8-9)17(3)16-13(11)18-7-6-10(2)15-14(18)19/h4-5,8H,2,6-7H2,1,3H3,(H,15,19). The lowest BCUT2D eigenvalue weighted by molar-refractivity contribution is 0.246. The molecule has 0 radical (unpaired) electrons. The molecule has 1 aromatic heterocycles. The number of aromatic nitrogens is 2. The zero-order chi connectivity index (χ0) is 13.6. The Morgan fingerprint density at radius 2 is 2.21 bits per heavy atom. The van der Waals surface area contributed by atoms with Gasteiger partial charge in [-0.1, -0.05) is 12.6 Å². The van der Waals surface area contributed by atoms with E-state index < -0.39 is 0 Å². The van der Waals surface area contributed by atoms with E-state index in [9.17, 15) is 4.79 Å². The van der Waals surface area contributed by atoms with Crippen molar-refractivity contribution in [2.24, 2.45) is 7.05 Å². The summed E-state index contributed by atoms with van der Waals surface area (Å²) in [4.78, 5) is 13.7. The Morgan fingerprint density at radius 3 is 2.95 bits per heavy atom. The lowest BCUT2D eigenvalue weighted by atomic mass is 10.1. The molecule has 98 valence electrons. The molecule has 0 spiro atoms. The van der Waals surface area contributed by atoms with E-state index in [4.69, 9.17) is 0 Å². The van der Waals surface area contributed by atoms with E-state index in [1.807, 2.05) is 30.8 Å². The molecule has 5 nitrogen and oxygen atoms in total. The molecule has 1 fully saturated rings. The van der Waals surface area contributed by atoms with Crippen LogP contribution >= 0.6 is 0 Å². The molecule has 1 aliphatic heterocycles. The second-order valence-corrected chi connectivity index (χ2v) is 4.90. The Balaban J connectivity index is 2.10. The largest absolute Gasteiger partial charge is 0.327 e. The summed E-state index contributed by atoms with van der Waals surface area (Å²) < 4.78 is 1.81. The van der Waals surface area contributed by atoms with Gasteiger partial charge in [-0.3, -0.25) is 9.58 Å². The number of nitrogens with one attached hydrogen (secondary N) is 1. The average molecular weight is 256 g/mol. The highest BCUT2D eigenvalue weighted by molar-refractivity contribution is 6.02. The van der Waals surface area contributed by atoms with Crippen LogP contribution in [0, 0.1) is 6.92 Å². The van der Waals surface area contributed by atoms with Gasteiger partial charge in [-0.05, 0) is 24.6 Å². The van der Waals surface area contributed by atoms with E-state index in [0.717, 1.165) is 23.0 Å². The van der Waals surface area contributed by atoms with Gasteiger partial charge in [-0.2, -0.15) is 5.10 Å². The van der Waals surface area contributed by atoms with E-state index in [0.29, 0.717) is 12.4 Å². The van der Waals surface area contributed by atoms with E-state index >= 15 is 0 Å². The average Bonchev–Trinajstić information content (AvgIpc) is 2.66. The summed E-state index contributed by atoms with van der Waals surface area (Å²) in [6.07, 6.45) is 0.746. The number of urea groups is 1. The number of aryl methyl sites for hydroxylation is 2. The molecule has 1 N–H and O–H groups in total. The summed E-state index contributed by atoms with van der Waals surface area (Å²) in [5, 5.41) is 8.23. The van der Waals surface area contributed by atoms with Crippen molar-refractivity contribution in [1.29, 1.82) is 0 Å². The number of fused-ring (bicyclic) bond motifs is 1. The number of rotatable bonds is 1. The topological polar surface area (TPSA) is 50.2 Å². The van der Waals surface area contributed by atoms with Crippen LogP contribution in [0.15, 0.2) is 30.5 Å². The van der Waals surface area contributed by atoms with Crippen LogP contribution in [0.5, 0.6) is 0 Å². The second kappa shape index (κ2) is 4.12. The normalized spacial score (nSPS) is 16.0. The van der Waals surface area contributed by atoms with Crippen LogP contribution in [-0.4, -0.2) is 22.4 Å². The minimum atomic E-state index is -0.156. The van der Waals surface area contributed by atoms with Crippen LogP contribution in [0.1, 0.15) is 12.0 Å². The molecule has 19 heavy (non-hydrogen) atoms. The Bertz CT molecular complexity index is 686. The number of hydrogen-bond acceptors (Lipinski definition) is 2. The predicted molar refractivity (Wildman–Crippen MR) is 75.1 cm³/mol. The van der Waals surface area contributed by atoms with Gasteiger partial charge in [0.1, 0.15) is 0 Å². The zero-order valence-electron chi connectivity index (χ0n) is 11.1. The van der Waals surface area contributed by atoms with E-state index in [-0.39, 0.29) is 6.03 Å². The molecule has 0 aliphatic carbocycles. The maximum absolute atomic E-state index is 12.0. The first-order valence-corrected chi connectivity index (χ1v) is 6.26. The first-order valence-electron chi connectivity index (χ1n) is 6.26. The number of carbonyl (C=O) groups excluding carboxylic acids is 1. The van der Waals surface area contributed by atoms with Gasteiger partial charge in [-0.15, -0.1) is 0 Å². The summed E-state index contributed by atoms with van der Waals surface area (Å²) in [7, 11) is 1.89. The van der Waals surface area contributed by atoms with Gasteiger partial charge in [0, 0.05) is 31.1 Å². The highest BCUT2D eigenvalue weighted by Gasteiger charge is 2.25. The third kappa shape index (κ3) is 1.87. The highest BCUT2D eigenvalue weighted by atomic mass is 16.2. The van der Waals surface area contributed by atoms with Gasteiger partial charge in [0.25, 0.3) is 0 Å². The lowest BCUT2D eigenvalue weighted by Crippen LogP contribution is -2.45. The van der Waals surface area contributed by atoms with Crippen molar-refractivity contribution in [1.82, 2.24) is 15.1 Å². The predicted octanol–water partition coefficient (Wildman–Crippen LogP) is 2.32. The van der Waals surface area contributed by atoms with Crippen LogP contribution in [0.2, 0.25) is 0 Å². The Morgan fingerprint density at radius 1 is 1.42 bits per heavy atom. The molecule has 1 aromatic carbocycles. The van der Waals surface area contributed by atoms with Crippen molar-refractivity contribution in [2.75, 3.05) is 11.4 Å². The molecule has 0 bridgehead atoms. The van der Waals surface area contributed by atoms with Crippen molar-refractivity contribution in [2.45, 2.75) is 13.3 Å². The SMILES string of the molecule is C=C1CCN(c2nn(C)c3cc(C)ccc23)C(=O)N1. The fourth-order valence-corrected chi connectivity index (χ4v) is 2.38. The Kier molecular flexibility index (Phi) is 2.55. The van der Waals surface area contributed by atoms with Crippen LogP contribution in [0.3, 0.4) is 0 Å². The van der Waals surface area contributed by atoms with Crippen molar-refractivity contribution in [3.63, 3.8) is 0 Å². The molecule has 2 amide bonds. The summed E-state index contributed by atoms with van der Waals surface area (Å²) in [5.74, 6) is 0.711. The van der Waals surface area contributed by atoms with Crippen molar-refractivity contribution < 1.29 is 4.79 Å². The second-order valence-electron chi connectivity index (χ2n) is 4.90. The minimum absolute atomic E-state index is 0.156. The number of carbonyl (C=O) groups is 1. The quantitative estimate of drug-likeness (QED) is 0.851. The molecule has 1 saturated heterocycles. The molecule has 1 aliphatic rings. The molecule has 0 atom stereocenters. The lowest BCUT2D eigenvalue weighted by Gasteiger charge is -2.27. The Labute approximate surface area is 111 Å². The van der Waals surface area contributed by atoms with Gasteiger partial charge in [0.15, 0.2) is 5.82 Å². The highest BCUT2D eigenvalue weighted by Crippen LogP contribution is 2.28. The molecule has 0 unspecified atom stereocenters. The molecule has 0 saturated carbocycles. The maximum Gasteiger partial charge on any atom is 0.327 e. The van der Waals surface area contributed by atoms with Crippen LogP contribution in [0.4, 0.5) is 10.6 Å². The number of nitrogens with zero attached hydrogens (tertiary/aromatic N) is 3. The van der Waals surface area contributed by atoms with Crippen LogP contribution in [-0.2, 0) is 7.05 Å². The van der Waals surface area contributed by atoms with Crippen LogP contribution < -0.4 is 10.2 Å². The Hall–Kier alpha value is -2.30. The van der Waals surface area contributed by atoms with E-state index in [1.54, 1.807) is 4.90 Å².